The SMILES string of the molecule is CC(C)Nc1ccc2nnc(-c3ccc(F)cn3)n2n1. The van der Waals surface area contributed by atoms with Crippen molar-refractivity contribution in [1.82, 2.24) is 24.8 Å². The number of halogens is 1. The Morgan fingerprint density at radius 2 is 2.00 bits per heavy atom. The molecule has 1 N–H and O–H groups in total. The highest BCUT2D eigenvalue weighted by Crippen LogP contribution is 2.16. The molecule has 0 unspecified atom stereocenters. The van der Waals surface area contributed by atoms with E-state index in [2.05, 4.69) is 25.6 Å². The van der Waals surface area contributed by atoms with Crippen molar-refractivity contribution in [2.75, 3.05) is 5.32 Å². The van der Waals surface area contributed by atoms with Gasteiger partial charge in [-0.15, -0.1) is 15.3 Å². The zero-order chi connectivity index (χ0) is 14.1. The summed E-state index contributed by atoms with van der Waals surface area (Å²) in [5, 5.41) is 15.7. The first kappa shape index (κ1) is 12.5. The van der Waals surface area contributed by atoms with Gasteiger partial charge in [-0.1, -0.05) is 0 Å². The minimum Gasteiger partial charge on any atom is -0.366 e. The van der Waals surface area contributed by atoms with E-state index >= 15 is 0 Å². The van der Waals surface area contributed by atoms with Crippen molar-refractivity contribution >= 4 is 11.5 Å². The molecule has 0 saturated heterocycles. The molecular weight excluding hydrogens is 259 g/mol. The number of nitrogens with one attached hydrogen (secondary N) is 1. The number of fused-ring (bicyclic) bond motifs is 1. The Labute approximate surface area is 114 Å². The summed E-state index contributed by atoms with van der Waals surface area (Å²) in [7, 11) is 0. The Bertz CT molecular complexity index is 734. The van der Waals surface area contributed by atoms with E-state index in [-0.39, 0.29) is 6.04 Å². The highest BCUT2D eigenvalue weighted by molar-refractivity contribution is 5.55. The van der Waals surface area contributed by atoms with Crippen molar-refractivity contribution in [2.45, 2.75) is 19.9 Å². The number of nitrogens with zero attached hydrogens (tertiary/aromatic N) is 5. The molecule has 6 nitrogen and oxygen atoms in total. The number of hydrogen-bond acceptors (Lipinski definition) is 5. The molecule has 0 aliphatic rings. The highest BCUT2D eigenvalue weighted by Gasteiger charge is 2.11. The third-order valence-corrected chi connectivity index (χ3v) is 2.66. The van der Waals surface area contributed by atoms with E-state index in [1.54, 1.807) is 10.6 Å². The standard InChI is InChI=1S/C13H13FN6/c1-8(2)16-11-5-6-12-17-18-13(20(12)19-11)10-4-3-9(14)7-15-10/h3-8H,1-2H3,(H,16,19). The van der Waals surface area contributed by atoms with E-state index in [1.807, 2.05) is 26.0 Å². The quantitative estimate of drug-likeness (QED) is 0.791. The Morgan fingerprint density at radius 3 is 2.70 bits per heavy atom. The molecule has 7 heteroatoms. The van der Waals surface area contributed by atoms with E-state index in [1.165, 1.54) is 6.07 Å². The molecule has 0 aliphatic carbocycles. The number of anilines is 1. The summed E-state index contributed by atoms with van der Waals surface area (Å²) in [5.74, 6) is 0.806. The van der Waals surface area contributed by atoms with Crippen molar-refractivity contribution < 1.29 is 4.39 Å². The maximum absolute atomic E-state index is 12.9. The van der Waals surface area contributed by atoms with Crippen LogP contribution in [-0.4, -0.2) is 30.8 Å². The average molecular weight is 272 g/mol. The van der Waals surface area contributed by atoms with Crippen molar-refractivity contribution in [3.63, 3.8) is 0 Å². The van der Waals surface area contributed by atoms with Crippen LogP contribution >= 0.6 is 0 Å². The summed E-state index contributed by atoms with van der Waals surface area (Å²) in [4.78, 5) is 4.00. The van der Waals surface area contributed by atoms with Crippen molar-refractivity contribution in [1.29, 1.82) is 0 Å². The zero-order valence-corrected chi connectivity index (χ0v) is 11.1. The predicted octanol–water partition coefficient (Wildman–Crippen LogP) is 2.15. The molecule has 0 fully saturated rings. The van der Waals surface area contributed by atoms with Crippen molar-refractivity contribution in [2.24, 2.45) is 0 Å². The summed E-state index contributed by atoms with van der Waals surface area (Å²) in [5.41, 5.74) is 1.13. The van der Waals surface area contributed by atoms with Crippen LogP contribution in [0, 0.1) is 5.82 Å². The second-order valence-electron chi connectivity index (χ2n) is 4.67. The van der Waals surface area contributed by atoms with Gasteiger partial charge in [-0.2, -0.15) is 4.52 Å². The maximum atomic E-state index is 12.9. The molecule has 3 aromatic rings. The van der Waals surface area contributed by atoms with Gasteiger partial charge in [0, 0.05) is 6.04 Å². The van der Waals surface area contributed by atoms with Gasteiger partial charge in [0.1, 0.15) is 17.3 Å². The van der Waals surface area contributed by atoms with Gasteiger partial charge in [-0.05, 0) is 38.1 Å². The lowest BCUT2D eigenvalue weighted by atomic mass is 10.3. The minimum absolute atomic E-state index is 0.267. The first-order chi connectivity index (χ1) is 9.63. The van der Waals surface area contributed by atoms with Gasteiger partial charge < -0.3 is 5.32 Å². The smallest absolute Gasteiger partial charge is 0.203 e. The van der Waals surface area contributed by atoms with Gasteiger partial charge in [0.2, 0.25) is 5.82 Å². The average Bonchev–Trinajstić information content (AvgIpc) is 2.82. The Hall–Kier alpha value is -2.57. The lowest BCUT2D eigenvalue weighted by molar-refractivity contribution is 0.621. The normalized spacial score (nSPS) is 11.2. The van der Waals surface area contributed by atoms with Gasteiger partial charge >= 0.3 is 0 Å². The van der Waals surface area contributed by atoms with Crippen LogP contribution in [0.1, 0.15) is 13.8 Å². The van der Waals surface area contributed by atoms with Crippen molar-refractivity contribution in [3.05, 3.63) is 36.3 Å². The van der Waals surface area contributed by atoms with E-state index < -0.39 is 5.82 Å². The fourth-order valence-corrected chi connectivity index (χ4v) is 1.83. The molecular formula is C13H13FN6. The number of hydrogen-bond donors (Lipinski definition) is 1. The van der Waals surface area contributed by atoms with Crippen LogP contribution in [-0.2, 0) is 0 Å². The third-order valence-electron chi connectivity index (χ3n) is 2.66. The first-order valence-corrected chi connectivity index (χ1v) is 6.24. The molecule has 3 rings (SSSR count). The summed E-state index contributed by atoms with van der Waals surface area (Å²) < 4.78 is 14.5. The van der Waals surface area contributed by atoms with Crippen LogP contribution in [0.4, 0.5) is 10.2 Å². The largest absolute Gasteiger partial charge is 0.366 e. The second kappa shape index (κ2) is 4.84. The van der Waals surface area contributed by atoms with E-state index in [4.69, 9.17) is 0 Å². The molecule has 0 aromatic carbocycles. The zero-order valence-electron chi connectivity index (χ0n) is 11.1. The topological polar surface area (TPSA) is 68.0 Å². The number of aromatic nitrogens is 5. The number of rotatable bonds is 3. The van der Waals surface area contributed by atoms with Gasteiger partial charge in [0.05, 0.1) is 6.20 Å². The number of pyridine rings is 1. The molecule has 0 saturated carbocycles. The first-order valence-electron chi connectivity index (χ1n) is 6.24. The van der Waals surface area contributed by atoms with Crippen LogP contribution < -0.4 is 5.32 Å². The van der Waals surface area contributed by atoms with Crippen LogP contribution in [0.2, 0.25) is 0 Å². The van der Waals surface area contributed by atoms with E-state index in [0.29, 0.717) is 17.2 Å². The Balaban J connectivity index is 2.09. The van der Waals surface area contributed by atoms with Gasteiger partial charge in [0.25, 0.3) is 0 Å². The van der Waals surface area contributed by atoms with Gasteiger partial charge in [-0.3, -0.25) is 0 Å². The van der Waals surface area contributed by atoms with Gasteiger partial charge in [-0.25, -0.2) is 9.37 Å². The molecule has 0 amide bonds. The summed E-state index contributed by atoms with van der Waals surface area (Å²) in [6.07, 6.45) is 1.15. The van der Waals surface area contributed by atoms with Crippen LogP contribution in [0.15, 0.2) is 30.5 Å². The maximum Gasteiger partial charge on any atom is 0.203 e. The van der Waals surface area contributed by atoms with Crippen LogP contribution in [0.25, 0.3) is 17.2 Å². The Kier molecular flexibility index (Phi) is 3.02. The highest BCUT2D eigenvalue weighted by atomic mass is 19.1. The molecule has 102 valence electrons. The Morgan fingerprint density at radius 1 is 1.15 bits per heavy atom. The molecule has 0 atom stereocenters. The minimum atomic E-state index is -0.391. The molecule has 3 aromatic heterocycles. The van der Waals surface area contributed by atoms with Crippen LogP contribution in [0.3, 0.4) is 0 Å². The molecule has 0 aliphatic heterocycles. The molecule has 0 spiro atoms. The fourth-order valence-electron chi connectivity index (χ4n) is 1.83. The second-order valence-corrected chi connectivity index (χ2v) is 4.67. The molecule has 0 radical (unpaired) electrons. The fraction of sp³-hybridized carbons (Fsp3) is 0.231. The summed E-state index contributed by atoms with van der Waals surface area (Å²) >= 11 is 0. The van der Waals surface area contributed by atoms with E-state index in [0.717, 1.165) is 12.0 Å². The van der Waals surface area contributed by atoms with Crippen molar-refractivity contribution in [3.8, 4) is 11.5 Å². The third kappa shape index (κ3) is 2.29. The lowest BCUT2D eigenvalue weighted by Crippen LogP contribution is -2.12. The molecule has 3 heterocycles. The molecule has 20 heavy (non-hydrogen) atoms. The van der Waals surface area contributed by atoms with Crippen LogP contribution in [0.5, 0.6) is 0 Å². The summed E-state index contributed by atoms with van der Waals surface area (Å²) in [6.45, 7) is 4.06. The summed E-state index contributed by atoms with van der Waals surface area (Å²) in [6, 6.07) is 6.81. The molecule has 0 bridgehead atoms. The lowest BCUT2D eigenvalue weighted by Gasteiger charge is -2.08. The van der Waals surface area contributed by atoms with Gasteiger partial charge in [0.15, 0.2) is 5.65 Å². The monoisotopic (exact) mass is 272 g/mol. The van der Waals surface area contributed by atoms with E-state index in [9.17, 15) is 4.39 Å². The predicted molar refractivity (Wildman–Crippen MR) is 72.7 cm³/mol.